The molecule has 6 nitrogen and oxygen atoms in total. The topological polar surface area (TPSA) is 61.4 Å². The van der Waals surface area contributed by atoms with Gasteiger partial charge in [0.05, 0.1) is 10.7 Å². The highest BCUT2D eigenvalue weighted by Gasteiger charge is 2.22. The smallest absolute Gasteiger partial charge is 0.321 e. The third-order valence-corrected chi connectivity index (χ3v) is 6.07. The molecule has 1 N–H and O–H groups in total. The summed E-state index contributed by atoms with van der Waals surface area (Å²) >= 11 is 5.79. The van der Waals surface area contributed by atoms with Gasteiger partial charge in [-0.2, -0.15) is 0 Å². The Morgan fingerprint density at radius 3 is 2.45 bits per heavy atom. The monoisotopic (exact) mass is 461 g/mol. The highest BCUT2D eigenvalue weighted by molar-refractivity contribution is 6.31. The van der Waals surface area contributed by atoms with Gasteiger partial charge in [0.25, 0.3) is 0 Å². The van der Waals surface area contributed by atoms with Gasteiger partial charge in [-0.25, -0.2) is 9.18 Å². The molecule has 2 heterocycles. The summed E-state index contributed by atoms with van der Waals surface area (Å²) in [6.45, 7) is 2.35. The maximum Gasteiger partial charge on any atom is 0.321 e. The first-order chi connectivity index (χ1) is 16.1. The second-order valence-corrected chi connectivity index (χ2v) is 8.24. The number of nitrogens with one attached hydrogen (secondary N) is 1. The van der Waals surface area contributed by atoms with Gasteiger partial charge in [-0.15, -0.1) is 10.2 Å². The van der Waals surface area contributed by atoms with E-state index in [2.05, 4.69) is 44.7 Å². The zero-order valence-electron chi connectivity index (χ0n) is 17.7. The molecule has 33 heavy (non-hydrogen) atoms. The second-order valence-electron chi connectivity index (χ2n) is 7.84. The van der Waals surface area contributed by atoms with Crippen LogP contribution in [0, 0.1) is 5.82 Å². The SMILES string of the molecule is O=C(Nc1ccc(F)c(Cl)c1)N1CCN(c2ccc(-c3cccc4ccccc34)nn2)CC1. The quantitative estimate of drug-likeness (QED) is 0.441. The number of halogens is 2. The van der Waals surface area contributed by atoms with Crippen molar-refractivity contribution in [2.45, 2.75) is 0 Å². The van der Waals surface area contributed by atoms with Crippen molar-refractivity contribution in [3.8, 4) is 11.3 Å². The number of rotatable bonds is 3. The molecule has 166 valence electrons. The normalized spacial score (nSPS) is 13.9. The van der Waals surface area contributed by atoms with E-state index < -0.39 is 5.82 Å². The Bertz CT molecular complexity index is 1300. The van der Waals surface area contributed by atoms with Crippen LogP contribution in [0.1, 0.15) is 0 Å². The van der Waals surface area contributed by atoms with Gasteiger partial charge in [0.1, 0.15) is 5.82 Å². The lowest BCUT2D eigenvalue weighted by Crippen LogP contribution is -2.50. The molecule has 0 aliphatic carbocycles. The highest BCUT2D eigenvalue weighted by atomic mass is 35.5. The molecule has 2 amide bonds. The molecule has 3 aromatic carbocycles. The maximum absolute atomic E-state index is 13.3. The number of fused-ring (bicyclic) bond motifs is 1. The van der Waals surface area contributed by atoms with E-state index in [0.29, 0.717) is 31.9 Å². The van der Waals surface area contributed by atoms with E-state index in [9.17, 15) is 9.18 Å². The number of nitrogens with zero attached hydrogens (tertiary/aromatic N) is 4. The van der Waals surface area contributed by atoms with Crippen molar-refractivity contribution in [3.05, 3.63) is 83.6 Å². The molecular weight excluding hydrogens is 441 g/mol. The number of hydrogen-bond acceptors (Lipinski definition) is 4. The highest BCUT2D eigenvalue weighted by Crippen LogP contribution is 2.27. The van der Waals surface area contributed by atoms with Crippen molar-refractivity contribution >= 4 is 39.9 Å². The molecule has 1 aromatic heterocycles. The van der Waals surface area contributed by atoms with Gasteiger partial charge in [0, 0.05) is 37.4 Å². The number of aromatic nitrogens is 2. The van der Waals surface area contributed by atoms with Crippen LogP contribution < -0.4 is 10.2 Å². The summed E-state index contributed by atoms with van der Waals surface area (Å²) in [4.78, 5) is 16.4. The molecule has 1 aliphatic heterocycles. The Morgan fingerprint density at radius 2 is 1.70 bits per heavy atom. The van der Waals surface area contributed by atoms with E-state index in [4.69, 9.17) is 11.6 Å². The van der Waals surface area contributed by atoms with Crippen LogP contribution in [0.4, 0.5) is 20.7 Å². The summed E-state index contributed by atoms with van der Waals surface area (Å²) in [5, 5.41) is 14.0. The molecule has 0 unspecified atom stereocenters. The standard InChI is InChI=1S/C25H21ClFN5O/c26-21-16-18(8-9-22(21)27)28-25(33)32-14-12-31(13-15-32)24-11-10-23(29-30-24)20-7-3-5-17-4-1-2-6-19(17)20/h1-11,16H,12-15H2,(H,28,33). The summed E-state index contributed by atoms with van der Waals surface area (Å²) in [5.41, 5.74) is 2.34. The van der Waals surface area contributed by atoms with E-state index in [0.717, 1.165) is 27.8 Å². The molecule has 1 saturated heterocycles. The molecule has 0 spiro atoms. The number of anilines is 2. The van der Waals surface area contributed by atoms with Crippen LogP contribution in [-0.2, 0) is 0 Å². The summed E-state index contributed by atoms with van der Waals surface area (Å²) in [7, 11) is 0. The van der Waals surface area contributed by atoms with Crippen LogP contribution in [0.3, 0.4) is 0 Å². The molecular formula is C25H21ClFN5O. The largest absolute Gasteiger partial charge is 0.352 e. The van der Waals surface area contributed by atoms with Crippen LogP contribution in [0.25, 0.3) is 22.0 Å². The van der Waals surface area contributed by atoms with Crippen LogP contribution in [0.5, 0.6) is 0 Å². The Kier molecular flexibility index (Phi) is 5.79. The van der Waals surface area contributed by atoms with Gasteiger partial charge < -0.3 is 15.1 Å². The van der Waals surface area contributed by atoms with E-state index in [1.165, 1.54) is 18.2 Å². The van der Waals surface area contributed by atoms with Crippen molar-refractivity contribution in [2.75, 3.05) is 36.4 Å². The first kappa shape index (κ1) is 21.2. The molecule has 1 aliphatic rings. The fraction of sp³-hybridized carbons (Fsp3) is 0.160. The lowest BCUT2D eigenvalue weighted by atomic mass is 10.0. The summed E-state index contributed by atoms with van der Waals surface area (Å²) < 4.78 is 13.3. The van der Waals surface area contributed by atoms with Gasteiger partial charge in [0.2, 0.25) is 0 Å². The van der Waals surface area contributed by atoms with E-state index in [1.807, 2.05) is 30.3 Å². The van der Waals surface area contributed by atoms with Crippen molar-refractivity contribution in [2.24, 2.45) is 0 Å². The number of carbonyl (C=O) groups is 1. The lowest BCUT2D eigenvalue weighted by molar-refractivity contribution is 0.208. The first-order valence-corrected chi connectivity index (χ1v) is 11.0. The van der Waals surface area contributed by atoms with E-state index >= 15 is 0 Å². The minimum absolute atomic E-state index is 0.0249. The number of hydrogen-bond donors (Lipinski definition) is 1. The van der Waals surface area contributed by atoms with Crippen LogP contribution >= 0.6 is 11.6 Å². The first-order valence-electron chi connectivity index (χ1n) is 10.7. The van der Waals surface area contributed by atoms with Crippen molar-refractivity contribution in [1.29, 1.82) is 0 Å². The average molecular weight is 462 g/mol. The lowest BCUT2D eigenvalue weighted by Gasteiger charge is -2.35. The maximum atomic E-state index is 13.3. The molecule has 0 saturated carbocycles. The van der Waals surface area contributed by atoms with Crippen molar-refractivity contribution < 1.29 is 9.18 Å². The molecule has 0 atom stereocenters. The van der Waals surface area contributed by atoms with Gasteiger partial charge in [-0.05, 0) is 41.1 Å². The number of carbonyl (C=O) groups excluding carboxylic acids is 1. The van der Waals surface area contributed by atoms with Gasteiger partial charge >= 0.3 is 6.03 Å². The Labute approximate surface area is 195 Å². The predicted molar refractivity (Wildman–Crippen MR) is 129 cm³/mol. The second kappa shape index (κ2) is 9.03. The summed E-state index contributed by atoms with van der Waals surface area (Å²) in [6, 6.07) is 22.2. The van der Waals surface area contributed by atoms with E-state index in [-0.39, 0.29) is 11.1 Å². The fourth-order valence-electron chi connectivity index (χ4n) is 4.00. The summed E-state index contributed by atoms with van der Waals surface area (Å²) in [6.07, 6.45) is 0. The predicted octanol–water partition coefficient (Wildman–Crippen LogP) is 5.44. The van der Waals surface area contributed by atoms with E-state index in [1.54, 1.807) is 4.90 Å². The minimum Gasteiger partial charge on any atom is -0.352 e. The number of piperazine rings is 1. The molecule has 0 radical (unpaired) electrons. The Hall–Kier alpha value is -3.71. The van der Waals surface area contributed by atoms with Crippen molar-refractivity contribution in [1.82, 2.24) is 15.1 Å². The fourth-order valence-corrected chi connectivity index (χ4v) is 4.18. The zero-order valence-corrected chi connectivity index (χ0v) is 18.5. The summed E-state index contributed by atoms with van der Waals surface area (Å²) in [5.74, 6) is 0.264. The van der Waals surface area contributed by atoms with Crippen LogP contribution in [-0.4, -0.2) is 47.3 Å². The minimum atomic E-state index is -0.518. The third kappa shape index (κ3) is 4.45. The third-order valence-electron chi connectivity index (χ3n) is 5.78. The average Bonchev–Trinajstić information content (AvgIpc) is 2.86. The molecule has 0 bridgehead atoms. The van der Waals surface area contributed by atoms with Crippen LogP contribution in [0.2, 0.25) is 5.02 Å². The van der Waals surface area contributed by atoms with Gasteiger partial charge in [-0.1, -0.05) is 54.1 Å². The Morgan fingerprint density at radius 1 is 0.909 bits per heavy atom. The van der Waals surface area contributed by atoms with Gasteiger partial charge in [0.15, 0.2) is 5.82 Å². The molecule has 4 aromatic rings. The van der Waals surface area contributed by atoms with Gasteiger partial charge in [-0.3, -0.25) is 0 Å². The molecule has 5 rings (SSSR count). The number of urea groups is 1. The zero-order chi connectivity index (χ0) is 22.8. The van der Waals surface area contributed by atoms with Crippen molar-refractivity contribution in [3.63, 3.8) is 0 Å². The Balaban J connectivity index is 1.23. The number of amides is 2. The molecule has 8 heteroatoms. The number of benzene rings is 3. The molecule has 1 fully saturated rings. The van der Waals surface area contributed by atoms with Crippen LogP contribution in [0.15, 0.2) is 72.8 Å².